The molecule has 1 saturated heterocycles. The van der Waals surface area contributed by atoms with E-state index in [-0.39, 0.29) is 4.90 Å². The van der Waals surface area contributed by atoms with Gasteiger partial charge in [0, 0.05) is 13.2 Å². The second-order valence-electron chi connectivity index (χ2n) is 5.36. The number of nitrogens with one attached hydrogen (secondary N) is 1. The SMILES string of the molecule is O=C(NO)[C@H](CC1CCOCC1)c1ccc(S(=O)(=O)O)cc1. The van der Waals surface area contributed by atoms with E-state index >= 15 is 0 Å². The van der Waals surface area contributed by atoms with Crippen LogP contribution >= 0.6 is 0 Å². The van der Waals surface area contributed by atoms with Gasteiger partial charge < -0.3 is 4.74 Å². The van der Waals surface area contributed by atoms with Crippen molar-refractivity contribution in [2.24, 2.45) is 5.92 Å². The highest BCUT2D eigenvalue weighted by molar-refractivity contribution is 7.85. The van der Waals surface area contributed by atoms with Crippen molar-refractivity contribution >= 4 is 16.0 Å². The number of hydrogen-bond acceptors (Lipinski definition) is 5. The molecule has 1 aromatic carbocycles. The Hall–Kier alpha value is -1.48. The number of hydrogen-bond donors (Lipinski definition) is 3. The molecule has 0 spiro atoms. The fourth-order valence-electron chi connectivity index (χ4n) is 2.66. The van der Waals surface area contributed by atoms with Crippen LogP contribution in [0.2, 0.25) is 0 Å². The highest BCUT2D eigenvalue weighted by Crippen LogP contribution is 2.30. The Morgan fingerprint density at radius 3 is 2.36 bits per heavy atom. The molecule has 1 amide bonds. The third kappa shape index (κ3) is 4.26. The number of ether oxygens (including phenoxy) is 1. The quantitative estimate of drug-likeness (QED) is 0.427. The number of carbonyl (C=O) groups is 1. The van der Waals surface area contributed by atoms with E-state index in [0.717, 1.165) is 12.8 Å². The molecule has 22 heavy (non-hydrogen) atoms. The molecule has 0 aromatic heterocycles. The molecule has 0 aliphatic carbocycles. The summed E-state index contributed by atoms with van der Waals surface area (Å²) in [7, 11) is -4.26. The molecule has 1 aromatic rings. The predicted octanol–water partition coefficient (Wildman–Crippen LogP) is 1.34. The molecule has 1 fully saturated rings. The number of carbonyl (C=O) groups excluding carboxylic acids is 1. The number of benzene rings is 1. The molecule has 8 heteroatoms. The normalized spacial score (nSPS) is 17.9. The van der Waals surface area contributed by atoms with Crippen LogP contribution in [0.1, 0.15) is 30.7 Å². The summed E-state index contributed by atoms with van der Waals surface area (Å²) in [6, 6.07) is 5.43. The van der Waals surface area contributed by atoms with Gasteiger partial charge >= 0.3 is 0 Å². The van der Waals surface area contributed by atoms with Gasteiger partial charge in [-0.3, -0.25) is 14.6 Å². The summed E-state index contributed by atoms with van der Waals surface area (Å²) in [5.41, 5.74) is 2.25. The zero-order valence-corrected chi connectivity index (χ0v) is 12.8. The maximum absolute atomic E-state index is 11.9. The second-order valence-corrected chi connectivity index (χ2v) is 6.79. The van der Waals surface area contributed by atoms with Crippen LogP contribution in [-0.2, 0) is 19.6 Å². The minimum atomic E-state index is -4.26. The molecule has 7 nitrogen and oxygen atoms in total. The first-order valence-corrected chi connectivity index (χ1v) is 8.45. The van der Waals surface area contributed by atoms with Crippen molar-refractivity contribution in [3.63, 3.8) is 0 Å². The van der Waals surface area contributed by atoms with Crippen LogP contribution in [0.5, 0.6) is 0 Å². The van der Waals surface area contributed by atoms with Crippen LogP contribution in [0, 0.1) is 5.92 Å². The van der Waals surface area contributed by atoms with Gasteiger partial charge in [-0.15, -0.1) is 0 Å². The summed E-state index contributed by atoms with van der Waals surface area (Å²) >= 11 is 0. The van der Waals surface area contributed by atoms with Crippen molar-refractivity contribution in [2.45, 2.75) is 30.1 Å². The van der Waals surface area contributed by atoms with Gasteiger partial charge in [0.2, 0.25) is 0 Å². The molecule has 1 atom stereocenters. The first kappa shape index (κ1) is 16.9. The van der Waals surface area contributed by atoms with Crippen LogP contribution in [0.25, 0.3) is 0 Å². The maximum atomic E-state index is 11.9. The highest BCUT2D eigenvalue weighted by Gasteiger charge is 2.26. The average molecular weight is 329 g/mol. The average Bonchev–Trinajstić information content (AvgIpc) is 2.52. The molecule has 0 unspecified atom stereocenters. The molecule has 3 N–H and O–H groups in total. The van der Waals surface area contributed by atoms with Crippen molar-refractivity contribution in [1.29, 1.82) is 0 Å². The van der Waals surface area contributed by atoms with Crippen LogP contribution in [0.3, 0.4) is 0 Å². The van der Waals surface area contributed by atoms with Gasteiger partial charge in [0.15, 0.2) is 0 Å². The van der Waals surface area contributed by atoms with Crippen LogP contribution in [-0.4, -0.2) is 37.3 Å². The Morgan fingerprint density at radius 2 is 1.86 bits per heavy atom. The first-order chi connectivity index (χ1) is 10.4. The van der Waals surface area contributed by atoms with Gasteiger partial charge in [0.1, 0.15) is 0 Å². The predicted molar refractivity (Wildman–Crippen MR) is 77.1 cm³/mol. The van der Waals surface area contributed by atoms with Gasteiger partial charge in [-0.25, -0.2) is 5.48 Å². The highest BCUT2D eigenvalue weighted by atomic mass is 32.2. The lowest BCUT2D eigenvalue weighted by Crippen LogP contribution is -2.29. The molecule has 0 radical (unpaired) electrons. The van der Waals surface area contributed by atoms with E-state index in [9.17, 15) is 13.2 Å². The monoisotopic (exact) mass is 329 g/mol. The summed E-state index contributed by atoms with van der Waals surface area (Å²) in [6.45, 7) is 1.31. The summed E-state index contributed by atoms with van der Waals surface area (Å²) in [5, 5.41) is 8.92. The van der Waals surface area contributed by atoms with E-state index < -0.39 is 21.9 Å². The fraction of sp³-hybridized carbons (Fsp3) is 0.500. The molecular formula is C14H19NO6S. The molecule has 1 aliphatic rings. The molecule has 2 rings (SSSR count). The smallest absolute Gasteiger partial charge is 0.294 e. The molecule has 0 bridgehead atoms. The van der Waals surface area contributed by atoms with Gasteiger partial charge in [0.05, 0.1) is 10.8 Å². The van der Waals surface area contributed by atoms with Gasteiger partial charge in [-0.2, -0.15) is 8.42 Å². The van der Waals surface area contributed by atoms with E-state index in [1.165, 1.54) is 24.3 Å². The van der Waals surface area contributed by atoms with Crippen LogP contribution in [0.4, 0.5) is 0 Å². The summed E-state index contributed by atoms with van der Waals surface area (Å²) in [5.74, 6) is -0.813. The van der Waals surface area contributed by atoms with Crippen LogP contribution < -0.4 is 5.48 Å². The third-order valence-electron chi connectivity index (χ3n) is 3.92. The molecule has 122 valence electrons. The Bertz CT molecular complexity index is 607. The fourth-order valence-corrected chi connectivity index (χ4v) is 3.14. The molecule has 1 heterocycles. The van der Waals surface area contributed by atoms with Gasteiger partial charge in [-0.05, 0) is 42.9 Å². The maximum Gasteiger partial charge on any atom is 0.294 e. The van der Waals surface area contributed by atoms with E-state index in [4.69, 9.17) is 14.5 Å². The van der Waals surface area contributed by atoms with Crippen LogP contribution in [0.15, 0.2) is 29.2 Å². The number of amides is 1. The van der Waals surface area contributed by atoms with Gasteiger partial charge in [-0.1, -0.05) is 12.1 Å². The lowest BCUT2D eigenvalue weighted by atomic mass is 9.84. The number of rotatable bonds is 5. The minimum absolute atomic E-state index is 0.231. The Morgan fingerprint density at radius 1 is 1.27 bits per heavy atom. The Kier molecular flexibility index (Phi) is 5.52. The first-order valence-electron chi connectivity index (χ1n) is 7.01. The second kappa shape index (κ2) is 7.19. The zero-order chi connectivity index (χ0) is 16.2. The largest absolute Gasteiger partial charge is 0.381 e. The van der Waals surface area contributed by atoms with E-state index in [0.29, 0.717) is 31.1 Å². The standard InChI is InChI=1S/C14H19NO6S/c16-14(15-17)13(9-10-5-7-21-8-6-10)11-1-3-12(4-2-11)22(18,19)20/h1-4,10,13,17H,5-9H2,(H,15,16)(H,18,19,20)/t13-/m1/s1. The Labute approximate surface area is 129 Å². The van der Waals surface area contributed by atoms with E-state index in [2.05, 4.69) is 0 Å². The topological polar surface area (TPSA) is 113 Å². The zero-order valence-electron chi connectivity index (χ0n) is 11.9. The van der Waals surface area contributed by atoms with Crippen molar-refractivity contribution in [1.82, 2.24) is 5.48 Å². The lowest BCUT2D eigenvalue weighted by molar-refractivity contribution is -0.131. The number of hydroxylamine groups is 1. The van der Waals surface area contributed by atoms with Crippen molar-refractivity contribution in [3.05, 3.63) is 29.8 Å². The van der Waals surface area contributed by atoms with Crippen molar-refractivity contribution in [3.8, 4) is 0 Å². The molecule has 1 aliphatic heterocycles. The molecular weight excluding hydrogens is 310 g/mol. The minimum Gasteiger partial charge on any atom is -0.381 e. The summed E-state index contributed by atoms with van der Waals surface area (Å²) in [6.07, 6.45) is 2.23. The molecule has 0 saturated carbocycles. The van der Waals surface area contributed by atoms with E-state index in [1.807, 2.05) is 0 Å². The summed E-state index contributed by atoms with van der Waals surface area (Å²) in [4.78, 5) is 11.7. The van der Waals surface area contributed by atoms with Gasteiger partial charge in [0.25, 0.3) is 16.0 Å². The van der Waals surface area contributed by atoms with Crippen molar-refractivity contribution < 1.29 is 27.7 Å². The summed E-state index contributed by atoms with van der Waals surface area (Å²) < 4.78 is 36.3. The third-order valence-corrected chi connectivity index (χ3v) is 4.78. The van der Waals surface area contributed by atoms with E-state index in [1.54, 1.807) is 5.48 Å². The lowest BCUT2D eigenvalue weighted by Gasteiger charge is -2.26. The Balaban J connectivity index is 2.19. The van der Waals surface area contributed by atoms with Crippen molar-refractivity contribution in [2.75, 3.05) is 13.2 Å².